The minimum absolute atomic E-state index is 0. The molecule has 2 heterocycles. The van der Waals surface area contributed by atoms with Crippen LogP contribution in [0.1, 0.15) is 5.01 Å². The van der Waals surface area contributed by atoms with Crippen molar-refractivity contribution in [3.05, 3.63) is 39.4 Å². The van der Waals surface area contributed by atoms with Crippen molar-refractivity contribution >= 4 is 52.7 Å². The number of nitrogens with two attached hydrogens (primary N) is 1. The molecule has 1 aliphatic rings. The van der Waals surface area contributed by atoms with Crippen LogP contribution in [0.15, 0.2) is 24.3 Å². The number of nitrogens with zero attached hydrogens (tertiary/aromatic N) is 5. The van der Waals surface area contributed by atoms with Crippen LogP contribution in [-0.2, 0) is 6.42 Å². The largest absolute Gasteiger partial charge is 0.374 e. The standard InChI is InChI=1S/C14H18N6O2S.2ClH/c15-14-17-16-13(23-14)5-6-18-7-9-19(10-8-18)11-3-1-2-4-12(11)20(21)22;;/h1-4H,5-10H2,(H2,15,17);2*1H. The topological polar surface area (TPSA) is 101 Å². The van der Waals surface area contributed by atoms with Crippen LogP contribution in [0.3, 0.4) is 0 Å². The van der Waals surface area contributed by atoms with Crippen LogP contribution in [0.5, 0.6) is 0 Å². The first kappa shape index (κ1) is 21.4. The molecule has 25 heavy (non-hydrogen) atoms. The Morgan fingerprint density at radius 3 is 2.44 bits per heavy atom. The molecular weight excluding hydrogens is 387 g/mol. The summed E-state index contributed by atoms with van der Waals surface area (Å²) in [6, 6.07) is 6.92. The number of halogens is 2. The SMILES string of the molecule is Cl.Cl.Nc1nnc(CCN2CCN(c3ccccc3[N+](=O)[O-])CC2)s1. The Balaban J connectivity index is 0.00000156. The summed E-state index contributed by atoms with van der Waals surface area (Å²) in [4.78, 5) is 15.2. The molecule has 1 aliphatic heterocycles. The highest BCUT2D eigenvalue weighted by Gasteiger charge is 2.23. The van der Waals surface area contributed by atoms with Crippen LogP contribution in [0, 0.1) is 10.1 Å². The molecule has 1 aromatic heterocycles. The Morgan fingerprint density at radius 1 is 1.16 bits per heavy atom. The van der Waals surface area contributed by atoms with Gasteiger partial charge in [0.2, 0.25) is 5.13 Å². The van der Waals surface area contributed by atoms with Gasteiger partial charge in [0.25, 0.3) is 5.69 Å². The number of anilines is 2. The molecular formula is C14H20Cl2N6O2S. The second kappa shape index (κ2) is 9.71. The van der Waals surface area contributed by atoms with E-state index in [1.165, 1.54) is 11.3 Å². The molecule has 2 N–H and O–H groups in total. The highest BCUT2D eigenvalue weighted by molar-refractivity contribution is 7.15. The molecule has 8 nitrogen and oxygen atoms in total. The predicted molar refractivity (Wildman–Crippen MR) is 104 cm³/mol. The van der Waals surface area contributed by atoms with Crippen molar-refractivity contribution in [3.63, 3.8) is 0 Å². The molecule has 138 valence electrons. The third kappa shape index (κ3) is 5.40. The smallest absolute Gasteiger partial charge is 0.292 e. The first-order valence-electron chi connectivity index (χ1n) is 7.42. The van der Waals surface area contributed by atoms with Gasteiger partial charge in [0, 0.05) is 45.2 Å². The zero-order chi connectivity index (χ0) is 16.2. The first-order chi connectivity index (χ1) is 11.1. The maximum atomic E-state index is 11.1. The van der Waals surface area contributed by atoms with Crippen molar-refractivity contribution in [1.82, 2.24) is 15.1 Å². The number of para-hydroxylation sites is 2. The summed E-state index contributed by atoms with van der Waals surface area (Å²) < 4.78 is 0. The second-order valence-electron chi connectivity index (χ2n) is 5.36. The van der Waals surface area contributed by atoms with Gasteiger partial charge in [0.05, 0.1) is 4.92 Å². The lowest BCUT2D eigenvalue weighted by atomic mass is 10.2. The number of rotatable bonds is 5. The number of nitro benzene ring substituents is 1. The summed E-state index contributed by atoms with van der Waals surface area (Å²) in [5.74, 6) is 0. The fraction of sp³-hybridized carbons (Fsp3) is 0.429. The number of nitrogen functional groups attached to an aromatic ring is 1. The summed E-state index contributed by atoms with van der Waals surface area (Å²) in [5.41, 5.74) is 6.45. The zero-order valence-electron chi connectivity index (χ0n) is 13.4. The lowest BCUT2D eigenvalue weighted by Gasteiger charge is -2.35. The molecule has 0 aliphatic carbocycles. The van der Waals surface area contributed by atoms with E-state index < -0.39 is 0 Å². The van der Waals surface area contributed by atoms with Gasteiger partial charge in [0.15, 0.2) is 0 Å². The van der Waals surface area contributed by atoms with Gasteiger partial charge < -0.3 is 10.6 Å². The van der Waals surface area contributed by atoms with E-state index in [-0.39, 0.29) is 35.4 Å². The van der Waals surface area contributed by atoms with Crippen molar-refractivity contribution < 1.29 is 4.92 Å². The van der Waals surface area contributed by atoms with Crippen molar-refractivity contribution in [2.24, 2.45) is 0 Å². The molecule has 1 saturated heterocycles. The van der Waals surface area contributed by atoms with Crippen molar-refractivity contribution in [1.29, 1.82) is 0 Å². The van der Waals surface area contributed by atoms with E-state index >= 15 is 0 Å². The van der Waals surface area contributed by atoms with E-state index in [4.69, 9.17) is 5.73 Å². The van der Waals surface area contributed by atoms with Crippen LogP contribution < -0.4 is 10.6 Å². The number of benzene rings is 1. The molecule has 1 fully saturated rings. The van der Waals surface area contributed by atoms with Crippen LogP contribution in [-0.4, -0.2) is 52.7 Å². The first-order valence-corrected chi connectivity index (χ1v) is 8.24. The molecule has 11 heteroatoms. The molecule has 0 radical (unpaired) electrons. The highest BCUT2D eigenvalue weighted by atomic mass is 35.5. The molecule has 0 saturated carbocycles. The van der Waals surface area contributed by atoms with Gasteiger partial charge in [-0.05, 0) is 6.07 Å². The van der Waals surface area contributed by atoms with Crippen molar-refractivity contribution in [2.75, 3.05) is 43.4 Å². The predicted octanol–water partition coefficient (Wildman–Crippen LogP) is 2.24. The van der Waals surface area contributed by atoms with Gasteiger partial charge in [-0.15, -0.1) is 35.0 Å². The second-order valence-corrected chi connectivity index (χ2v) is 6.45. The Hall–Kier alpha value is -1.68. The van der Waals surface area contributed by atoms with Crippen LogP contribution in [0.2, 0.25) is 0 Å². The van der Waals surface area contributed by atoms with Crippen LogP contribution in [0.4, 0.5) is 16.5 Å². The van der Waals surface area contributed by atoms with E-state index in [9.17, 15) is 10.1 Å². The molecule has 1 aromatic carbocycles. The number of hydrogen-bond acceptors (Lipinski definition) is 8. The summed E-state index contributed by atoms with van der Waals surface area (Å²) in [5, 5.41) is 20.4. The number of hydrogen-bond donors (Lipinski definition) is 1. The Labute approximate surface area is 162 Å². The molecule has 0 atom stereocenters. The fourth-order valence-electron chi connectivity index (χ4n) is 2.72. The number of nitro groups is 1. The van der Waals surface area contributed by atoms with Crippen molar-refractivity contribution in [2.45, 2.75) is 6.42 Å². The summed E-state index contributed by atoms with van der Waals surface area (Å²) >= 11 is 1.42. The summed E-state index contributed by atoms with van der Waals surface area (Å²) in [6.07, 6.45) is 0.834. The van der Waals surface area contributed by atoms with Crippen LogP contribution in [0.25, 0.3) is 0 Å². The maximum Gasteiger partial charge on any atom is 0.292 e. The molecule has 0 amide bonds. The molecule has 3 rings (SSSR count). The van der Waals surface area contributed by atoms with E-state index in [1.807, 2.05) is 12.1 Å². The highest BCUT2D eigenvalue weighted by Crippen LogP contribution is 2.28. The third-order valence-electron chi connectivity index (χ3n) is 3.92. The van der Waals surface area contributed by atoms with Crippen molar-refractivity contribution in [3.8, 4) is 0 Å². The zero-order valence-corrected chi connectivity index (χ0v) is 15.9. The minimum atomic E-state index is -0.318. The minimum Gasteiger partial charge on any atom is -0.374 e. The quantitative estimate of drug-likeness (QED) is 0.599. The summed E-state index contributed by atoms with van der Waals surface area (Å²) in [7, 11) is 0. The monoisotopic (exact) mass is 406 g/mol. The van der Waals surface area contributed by atoms with E-state index in [0.717, 1.165) is 44.2 Å². The van der Waals surface area contributed by atoms with Gasteiger partial charge >= 0.3 is 0 Å². The Bertz CT molecular complexity index is 693. The van der Waals surface area contributed by atoms with Gasteiger partial charge in [0.1, 0.15) is 10.7 Å². The number of piperazine rings is 1. The molecule has 0 spiro atoms. The third-order valence-corrected chi connectivity index (χ3v) is 4.73. The molecule has 2 aromatic rings. The lowest BCUT2D eigenvalue weighted by Crippen LogP contribution is -2.47. The Kier molecular flexibility index (Phi) is 8.30. The van der Waals surface area contributed by atoms with Gasteiger partial charge in [-0.3, -0.25) is 15.0 Å². The molecule has 0 unspecified atom stereocenters. The summed E-state index contributed by atoms with van der Waals surface area (Å²) in [6.45, 7) is 4.21. The number of aromatic nitrogens is 2. The Morgan fingerprint density at radius 2 is 1.84 bits per heavy atom. The lowest BCUT2D eigenvalue weighted by molar-refractivity contribution is -0.384. The van der Waals surface area contributed by atoms with E-state index in [0.29, 0.717) is 10.8 Å². The van der Waals surface area contributed by atoms with Crippen LogP contribution >= 0.6 is 36.2 Å². The van der Waals surface area contributed by atoms with E-state index in [1.54, 1.807) is 12.1 Å². The van der Waals surface area contributed by atoms with Gasteiger partial charge in [-0.2, -0.15) is 0 Å². The average molecular weight is 407 g/mol. The van der Waals surface area contributed by atoms with Gasteiger partial charge in [-0.25, -0.2) is 0 Å². The fourth-order valence-corrected chi connectivity index (χ4v) is 3.32. The van der Waals surface area contributed by atoms with Gasteiger partial charge in [-0.1, -0.05) is 23.5 Å². The molecule has 0 bridgehead atoms. The van der Waals surface area contributed by atoms with E-state index in [2.05, 4.69) is 20.0 Å². The normalized spacial score (nSPS) is 14.5. The maximum absolute atomic E-state index is 11.1. The average Bonchev–Trinajstić information content (AvgIpc) is 2.99.